The predicted octanol–water partition coefficient (Wildman–Crippen LogP) is 4.43. The number of unbranched alkanes of at least 4 members (excludes halogenated alkanes) is 1. The number of ether oxygens (including phenoxy) is 4. The lowest BCUT2D eigenvalue weighted by atomic mass is 9.46. The third-order valence-corrected chi connectivity index (χ3v) is 9.50. The topological polar surface area (TPSA) is 139 Å². The number of hydrogen-bond acceptors (Lipinski definition) is 10. The number of esters is 1. The first-order valence-corrected chi connectivity index (χ1v) is 13.6. The molecule has 0 saturated heterocycles. The van der Waals surface area contributed by atoms with Gasteiger partial charge in [-0.25, -0.2) is 9.59 Å². The second-order valence-electron chi connectivity index (χ2n) is 11.5. The van der Waals surface area contributed by atoms with Crippen molar-refractivity contribution in [3.8, 4) is 0 Å². The Morgan fingerprint density at radius 1 is 1.08 bits per heavy atom. The van der Waals surface area contributed by atoms with Crippen LogP contribution in [0.2, 0.25) is 0 Å². The van der Waals surface area contributed by atoms with Crippen LogP contribution >= 0.6 is 0 Å². The summed E-state index contributed by atoms with van der Waals surface area (Å²) in [7, 11) is 1.10. The summed E-state index contributed by atoms with van der Waals surface area (Å²) >= 11 is 0. The van der Waals surface area contributed by atoms with Crippen LogP contribution in [0.25, 0.3) is 0 Å². The van der Waals surface area contributed by atoms with E-state index in [-0.39, 0.29) is 48.6 Å². The quantitative estimate of drug-likeness (QED) is 0.334. The van der Waals surface area contributed by atoms with Crippen molar-refractivity contribution in [2.75, 3.05) is 13.7 Å². The fourth-order valence-corrected chi connectivity index (χ4v) is 7.63. The van der Waals surface area contributed by atoms with Crippen LogP contribution in [-0.2, 0) is 38.1 Å². The van der Waals surface area contributed by atoms with E-state index in [0.717, 1.165) is 19.1 Å². The van der Waals surface area contributed by atoms with Crippen molar-refractivity contribution in [2.24, 2.45) is 28.6 Å². The molecule has 3 fully saturated rings. The maximum absolute atomic E-state index is 13.9. The van der Waals surface area contributed by atoms with Crippen molar-refractivity contribution < 1.29 is 47.7 Å². The first-order chi connectivity index (χ1) is 18.4. The molecule has 0 aromatic heterocycles. The van der Waals surface area contributed by atoms with Crippen LogP contribution in [0.5, 0.6) is 0 Å². The molecule has 3 saturated carbocycles. The van der Waals surface area contributed by atoms with Crippen LogP contribution in [-0.4, -0.2) is 54.9 Å². The van der Waals surface area contributed by atoms with Gasteiger partial charge in [-0.05, 0) is 56.1 Å². The number of carbonyl (C=O) groups excluding carboxylic acids is 6. The second-order valence-corrected chi connectivity index (χ2v) is 11.5. The molecule has 4 aliphatic rings. The molecule has 0 aromatic carbocycles. The van der Waals surface area contributed by atoms with Gasteiger partial charge in [-0.15, -0.1) is 0 Å². The molecule has 0 amide bonds. The SMILES string of the molecule is CCCCC(=O)OC(=O)O[C@]1(C(=O)COC(=O)OC)CC[C@H]2[C@@H]3CCC4=CC(=O)C=C[C@]4(C)[C@H]3C(=O)C[C@@]21C. The Hall–Kier alpha value is -3.30. The highest BCUT2D eigenvalue weighted by molar-refractivity contribution is 6.02. The van der Waals surface area contributed by atoms with Crippen LogP contribution in [0.4, 0.5) is 9.59 Å². The van der Waals surface area contributed by atoms with Crippen molar-refractivity contribution in [1.82, 2.24) is 0 Å². The van der Waals surface area contributed by atoms with E-state index in [1.54, 1.807) is 13.0 Å². The summed E-state index contributed by atoms with van der Waals surface area (Å²) in [5.74, 6) is -2.35. The number of carbonyl (C=O) groups is 6. The summed E-state index contributed by atoms with van der Waals surface area (Å²) in [4.78, 5) is 76.3. The van der Waals surface area contributed by atoms with Gasteiger partial charge in [0.1, 0.15) is 5.78 Å². The number of ketones is 3. The van der Waals surface area contributed by atoms with E-state index >= 15 is 0 Å². The van der Waals surface area contributed by atoms with E-state index in [0.29, 0.717) is 25.7 Å². The lowest BCUT2D eigenvalue weighted by molar-refractivity contribution is -0.176. The van der Waals surface area contributed by atoms with E-state index in [2.05, 4.69) is 4.74 Å². The van der Waals surface area contributed by atoms with E-state index in [9.17, 15) is 28.8 Å². The molecule has 10 nitrogen and oxygen atoms in total. The summed E-state index contributed by atoms with van der Waals surface area (Å²) in [5.41, 5.74) is -2.64. The van der Waals surface area contributed by atoms with Crippen molar-refractivity contribution in [1.29, 1.82) is 0 Å². The number of fused-ring (bicyclic) bond motifs is 5. The van der Waals surface area contributed by atoms with Crippen molar-refractivity contribution in [3.63, 3.8) is 0 Å². The number of rotatable bonds is 7. The summed E-state index contributed by atoms with van der Waals surface area (Å²) in [6, 6.07) is 0. The summed E-state index contributed by atoms with van der Waals surface area (Å²) in [6.45, 7) is 4.89. The molecular formula is C29H36O10. The van der Waals surface area contributed by atoms with E-state index < -0.39 is 47.1 Å². The van der Waals surface area contributed by atoms with Crippen molar-refractivity contribution in [2.45, 2.75) is 77.7 Å². The Balaban J connectivity index is 1.67. The molecule has 0 bridgehead atoms. The molecule has 212 valence electrons. The zero-order chi connectivity index (χ0) is 28.6. The third-order valence-electron chi connectivity index (χ3n) is 9.50. The van der Waals surface area contributed by atoms with Crippen LogP contribution in [0.15, 0.2) is 23.8 Å². The average molecular weight is 545 g/mol. The number of methoxy groups -OCH3 is 1. The van der Waals surface area contributed by atoms with Gasteiger partial charge in [0.25, 0.3) is 0 Å². The van der Waals surface area contributed by atoms with Gasteiger partial charge < -0.3 is 18.9 Å². The van der Waals surface area contributed by atoms with Gasteiger partial charge in [0.15, 0.2) is 18.0 Å². The Kier molecular flexibility index (Phi) is 7.87. The zero-order valence-electron chi connectivity index (χ0n) is 22.9. The van der Waals surface area contributed by atoms with E-state index in [1.165, 1.54) is 6.08 Å². The summed E-state index contributed by atoms with van der Waals surface area (Å²) in [6.07, 6.45) is 5.61. The minimum atomic E-state index is -1.84. The third kappa shape index (κ3) is 4.82. The minimum Gasteiger partial charge on any atom is -0.438 e. The van der Waals surface area contributed by atoms with Crippen LogP contribution < -0.4 is 0 Å². The molecule has 0 aliphatic heterocycles. The average Bonchev–Trinajstić information content (AvgIpc) is 3.17. The Labute approximate surface area is 227 Å². The zero-order valence-corrected chi connectivity index (χ0v) is 22.9. The molecule has 0 unspecified atom stereocenters. The smallest absolute Gasteiger partial charge is 0.438 e. The highest BCUT2D eigenvalue weighted by Crippen LogP contribution is 2.67. The largest absolute Gasteiger partial charge is 0.517 e. The van der Waals surface area contributed by atoms with Gasteiger partial charge in [-0.2, -0.15) is 0 Å². The molecule has 4 aliphatic carbocycles. The Morgan fingerprint density at radius 3 is 2.51 bits per heavy atom. The number of hydrogen-bond donors (Lipinski definition) is 0. The van der Waals surface area contributed by atoms with Gasteiger partial charge in [0.05, 0.1) is 7.11 Å². The highest BCUT2D eigenvalue weighted by Gasteiger charge is 2.71. The van der Waals surface area contributed by atoms with E-state index in [4.69, 9.17) is 14.2 Å². The molecule has 0 N–H and O–H groups in total. The normalized spacial score (nSPS) is 34.7. The molecule has 0 heterocycles. The molecule has 6 atom stereocenters. The standard InChI is InChI=1S/C29H36O10/c1-5-6-7-23(33)38-26(35)39-29(22(32)16-37-25(34)36-4)13-11-20-19-9-8-17-14-18(30)10-12-27(17,2)24(19)21(31)15-28(20,29)3/h10,12,14,19-20,24H,5-9,11,13,15-16H2,1-4H3/t19-,20-,24+,27-,28-,29-/m0/s1. The number of Topliss-reactive ketones (excluding diaryl/α,β-unsaturated/α-hetero) is 2. The van der Waals surface area contributed by atoms with Gasteiger partial charge in [0.2, 0.25) is 5.78 Å². The molecule has 10 heteroatoms. The van der Waals surface area contributed by atoms with Crippen molar-refractivity contribution >= 4 is 35.6 Å². The Bertz CT molecular complexity index is 1150. The number of allylic oxidation sites excluding steroid dienone is 4. The second kappa shape index (κ2) is 10.7. The first-order valence-electron chi connectivity index (χ1n) is 13.6. The highest BCUT2D eigenvalue weighted by atomic mass is 16.8. The minimum absolute atomic E-state index is 0.0184. The summed E-state index contributed by atoms with van der Waals surface area (Å²) < 4.78 is 20.0. The predicted molar refractivity (Wildman–Crippen MR) is 135 cm³/mol. The monoisotopic (exact) mass is 544 g/mol. The first kappa shape index (κ1) is 28.7. The van der Waals surface area contributed by atoms with Gasteiger partial charge in [-0.1, -0.05) is 38.8 Å². The maximum atomic E-state index is 13.9. The van der Waals surface area contributed by atoms with Gasteiger partial charge in [-0.3, -0.25) is 19.2 Å². The fourth-order valence-electron chi connectivity index (χ4n) is 7.63. The Morgan fingerprint density at radius 2 is 1.82 bits per heavy atom. The van der Waals surface area contributed by atoms with Crippen LogP contribution in [0.3, 0.4) is 0 Å². The molecular weight excluding hydrogens is 508 g/mol. The lowest BCUT2D eigenvalue weighted by Crippen LogP contribution is -2.62. The molecule has 0 spiro atoms. The fraction of sp³-hybridized carbons (Fsp3) is 0.655. The summed E-state index contributed by atoms with van der Waals surface area (Å²) in [5, 5.41) is 0. The molecule has 0 radical (unpaired) electrons. The van der Waals surface area contributed by atoms with E-state index in [1.807, 2.05) is 19.9 Å². The van der Waals surface area contributed by atoms with Crippen LogP contribution in [0.1, 0.15) is 72.1 Å². The van der Waals surface area contributed by atoms with Gasteiger partial charge >= 0.3 is 18.3 Å². The molecule has 0 aromatic rings. The molecule has 4 rings (SSSR count). The van der Waals surface area contributed by atoms with Crippen LogP contribution in [0, 0.1) is 28.6 Å². The van der Waals surface area contributed by atoms with Gasteiger partial charge in [0, 0.05) is 29.6 Å². The maximum Gasteiger partial charge on any atom is 0.517 e. The molecule has 39 heavy (non-hydrogen) atoms. The van der Waals surface area contributed by atoms with Crippen molar-refractivity contribution in [3.05, 3.63) is 23.8 Å². The lowest BCUT2D eigenvalue weighted by Gasteiger charge is -2.57.